The van der Waals surface area contributed by atoms with E-state index in [4.69, 9.17) is 0 Å². The standard InChI is InChI=1S/C47H71NO3/c1-30-10-13-43-47(51,33-25-45(16-6-7-17-45)29-46(26-33)19-14-32(24-46)20-31-8-4-3-5-9-31)39-12-11-35-36(38(39)28-48(43)27-30)22-40-37(35)23-42(50)41-21-34(49)15-18-44(40,41)2/h3-5,8-9,30,32-43,49-51H,6-7,10-29H2,1-2H3/t30-,32-,33+,34+,35+,36+,37+,38?,39?,40-,41+,42+,43-,44-,46-,47+/m1/s1. The highest BCUT2D eigenvalue weighted by molar-refractivity contribution is 5.20. The Morgan fingerprint density at radius 3 is 2.33 bits per heavy atom. The highest BCUT2D eigenvalue weighted by Gasteiger charge is 2.68. The summed E-state index contributed by atoms with van der Waals surface area (Å²) >= 11 is 0. The van der Waals surface area contributed by atoms with Gasteiger partial charge in [0.2, 0.25) is 0 Å². The van der Waals surface area contributed by atoms with Gasteiger partial charge in [0.15, 0.2) is 0 Å². The minimum Gasteiger partial charge on any atom is -0.393 e. The van der Waals surface area contributed by atoms with Crippen LogP contribution in [0.5, 0.6) is 0 Å². The van der Waals surface area contributed by atoms with Crippen molar-refractivity contribution in [3.8, 4) is 0 Å². The van der Waals surface area contributed by atoms with E-state index >= 15 is 0 Å². The molecule has 2 heterocycles. The Morgan fingerprint density at radius 1 is 0.706 bits per heavy atom. The van der Waals surface area contributed by atoms with Crippen LogP contribution in [0.2, 0.25) is 0 Å². The third-order valence-corrected chi connectivity index (χ3v) is 19.3. The first-order valence-corrected chi connectivity index (χ1v) is 22.4. The van der Waals surface area contributed by atoms with Crippen molar-refractivity contribution in [1.82, 2.24) is 4.90 Å². The van der Waals surface area contributed by atoms with Crippen molar-refractivity contribution in [2.45, 2.75) is 166 Å². The fourth-order valence-corrected chi connectivity index (χ4v) is 17.6. The van der Waals surface area contributed by atoms with Crippen molar-refractivity contribution < 1.29 is 15.3 Å². The smallest absolute Gasteiger partial charge is 0.0861 e. The van der Waals surface area contributed by atoms with Crippen LogP contribution in [0.25, 0.3) is 0 Å². The Morgan fingerprint density at radius 2 is 1.51 bits per heavy atom. The van der Waals surface area contributed by atoms with Crippen LogP contribution in [-0.2, 0) is 6.42 Å². The number of aliphatic hydroxyl groups is 3. The van der Waals surface area contributed by atoms with E-state index in [1.54, 1.807) is 0 Å². The second kappa shape index (κ2) is 12.5. The fraction of sp³-hybridized carbons (Fsp3) is 0.872. The van der Waals surface area contributed by atoms with Crippen molar-refractivity contribution in [3.63, 3.8) is 0 Å². The summed E-state index contributed by atoms with van der Waals surface area (Å²) < 4.78 is 0. The molecule has 1 aromatic carbocycles. The van der Waals surface area contributed by atoms with Gasteiger partial charge in [-0.15, -0.1) is 0 Å². The number of nitrogens with zero attached hydrogens (tertiary/aromatic N) is 1. The molecule has 51 heavy (non-hydrogen) atoms. The molecule has 0 aromatic heterocycles. The van der Waals surface area contributed by atoms with Crippen molar-refractivity contribution >= 4 is 0 Å². The summed E-state index contributed by atoms with van der Waals surface area (Å²) in [5.41, 5.74) is 2.00. The number of fused-ring (bicyclic) bond motifs is 8. The lowest BCUT2D eigenvalue weighted by Crippen LogP contribution is -2.71. The molecule has 4 nitrogen and oxygen atoms in total. The summed E-state index contributed by atoms with van der Waals surface area (Å²) in [6.07, 6.45) is 24.6. The van der Waals surface area contributed by atoms with Crippen molar-refractivity contribution in [1.29, 1.82) is 0 Å². The van der Waals surface area contributed by atoms with Crippen LogP contribution < -0.4 is 0 Å². The Balaban J connectivity index is 0.982. The van der Waals surface area contributed by atoms with Crippen molar-refractivity contribution in [3.05, 3.63) is 35.9 Å². The average Bonchev–Trinajstić information content (AvgIpc) is 3.83. The van der Waals surface area contributed by atoms with Crippen LogP contribution in [0.15, 0.2) is 30.3 Å². The van der Waals surface area contributed by atoms with Crippen LogP contribution in [-0.4, -0.2) is 57.2 Å². The predicted molar refractivity (Wildman–Crippen MR) is 204 cm³/mol. The number of piperidine rings is 2. The lowest BCUT2D eigenvalue weighted by Gasteiger charge is -2.65. The number of benzene rings is 1. The first kappa shape index (κ1) is 34.5. The zero-order chi connectivity index (χ0) is 34.8. The lowest BCUT2D eigenvalue weighted by molar-refractivity contribution is -0.229. The molecule has 10 rings (SSSR count). The molecule has 282 valence electrons. The Labute approximate surface area is 309 Å². The first-order chi connectivity index (χ1) is 24.6. The molecule has 2 aliphatic heterocycles. The van der Waals surface area contributed by atoms with Gasteiger partial charge in [-0.1, -0.05) is 57.0 Å². The first-order valence-electron chi connectivity index (χ1n) is 22.4. The average molecular weight is 698 g/mol. The Kier molecular flexibility index (Phi) is 8.49. The molecule has 3 N–H and O–H groups in total. The molecule has 16 atom stereocenters. The van der Waals surface area contributed by atoms with E-state index in [1.807, 2.05) is 0 Å². The van der Waals surface area contributed by atoms with Gasteiger partial charge in [0.05, 0.1) is 17.8 Å². The minimum atomic E-state index is -0.566. The van der Waals surface area contributed by atoms with E-state index in [0.717, 1.165) is 37.5 Å². The van der Waals surface area contributed by atoms with Gasteiger partial charge in [0.25, 0.3) is 0 Å². The van der Waals surface area contributed by atoms with E-state index in [1.165, 1.54) is 121 Å². The van der Waals surface area contributed by atoms with Gasteiger partial charge in [-0.25, -0.2) is 0 Å². The van der Waals surface area contributed by atoms with E-state index in [0.29, 0.717) is 58.3 Å². The summed E-state index contributed by atoms with van der Waals surface area (Å²) in [6, 6.07) is 11.7. The Hall–Kier alpha value is -0.940. The molecule has 0 amide bonds. The molecule has 4 heteroatoms. The second-order valence-electron chi connectivity index (χ2n) is 21.9. The second-order valence-corrected chi connectivity index (χ2v) is 21.9. The van der Waals surface area contributed by atoms with Gasteiger partial charge in [-0.05, 0) is 197 Å². The molecule has 1 aromatic rings. The lowest BCUT2D eigenvalue weighted by atomic mass is 9.47. The monoisotopic (exact) mass is 698 g/mol. The quantitative estimate of drug-likeness (QED) is 0.295. The zero-order valence-corrected chi connectivity index (χ0v) is 32.2. The summed E-state index contributed by atoms with van der Waals surface area (Å²) in [6.45, 7) is 7.39. The molecule has 7 saturated carbocycles. The van der Waals surface area contributed by atoms with Crippen LogP contribution in [0.3, 0.4) is 0 Å². The number of hydrogen-bond donors (Lipinski definition) is 3. The molecule has 9 fully saturated rings. The highest BCUT2D eigenvalue weighted by Crippen LogP contribution is 2.70. The SMILES string of the molecule is C[C@@H]1CC[C@H]2N(CC3C(CC[C@@H]4[C@@H]5C[C@H](O)[C@@H]6C[C@@H](O)CC[C@]6(C)[C@@H]5C[C@H]34)[C@@]2(O)[C@H]2CC3(CCCC3)C[C@@]3(CC[C@H](Cc4ccccc4)C3)C2)C1. The minimum absolute atomic E-state index is 0.158. The van der Waals surface area contributed by atoms with Crippen LogP contribution in [0.4, 0.5) is 0 Å². The molecular formula is C47H71NO3. The predicted octanol–water partition coefficient (Wildman–Crippen LogP) is 9.05. The molecule has 2 saturated heterocycles. The Bertz CT molecular complexity index is 1430. The van der Waals surface area contributed by atoms with Gasteiger partial charge < -0.3 is 15.3 Å². The maximum atomic E-state index is 14.1. The molecule has 2 spiro atoms. The molecule has 7 aliphatic carbocycles. The number of hydrogen-bond acceptors (Lipinski definition) is 4. The normalized spacial score (nSPS) is 53.3. The fourth-order valence-electron chi connectivity index (χ4n) is 17.6. The zero-order valence-electron chi connectivity index (χ0n) is 32.2. The van der Waals surface area contributed by atoms with Gasteiger partial charge >= 0.3 is 0 Å². The molecule has 0 radical (unpaired) electrons. The molecule has 0 bridgehead atoms. The largest absolute Gasteiger partial charge is 0.393 e. The molecule has 2 unspecified atom stereocenters. The topological polar surface area (TPSA) is 63.9 Å². The van der Waals surface area contributed by atoms with E-state index in [2.05, 4.69) is 49.1 Å². The summed E-state index contributed by atoms with van der Waals surface area (Å²) in [7, 11) is 0. The highest BCUT2D eigenvalue weighted by atomic mass is 16.3. The van der Waals surface area contributed by atoms with E-state index < -0.39 is 5.60 Å². The van der Waals surface area contributed by atoms with Crippen LogP contribution in [0.1, 0.15) is 141 Å². The maximum absolute atomic E-state index is 14.1. The van der Waals surface area contributed by atoms with Crippen LogP contribution in [0, 0.1) is 75.4 Å². The summed E-state index contributed by atoms with van der Waals surface area (Å²) in [4.78, 5) is 2.89. The third kappa shape index (κ3) is 5.46. The van der Waals surface area contributed by atoms with Gasteiger partial charge in [0, 0.05) is 19.1 Å². The van der Waals surface area contributed by atoms with Gasteiger partial charge in [-0.2, -0.15) is 0 Å². The molecule has 9 aliphatic rings. The summed E-state index contributed by atoms with van der Waals surface area (Å²) in [5, 5.41) is 36.5. The van der Waals surface area contributed by atoms with Crippen molar-refractivity contribution in [2.75, 3.05) is 13.1 Å². The van der Waals surface area contributed by atoms with Crippen molar-refractivity contribution in [2.24, 2.45) is 75.4 Å². The van der Waals surface area contributed by atoms with E-state index in [9.17, 15) is 15.3 Å². The number of rotatable bonds is 3. The van der Waals surface area contributed by atoms with Gasteiger partial charge in [0.1, 0.15) is 0 Å². The third-order valence-electron chi connectivity index (χ3n) is 19.3. The van der Waals surface area contributed by atoms with Crippen LogP contribution >= 0.6 is 0 Å². The number of aliphatic hydroxyl groups excluding tert-OH is 2. The maximum Gasteiger partial charge on any atom is 0.0861 e. The summed E-state index contributed by atoms with van der Waals surface area (Å²) in [5.74, 6) is 5.98. The van der Waals surface area contributed by atoms with Gasteiger partial charge in [-0.3, -0.25) is 4.90 Å². The van der Waals surface area contributed by atoms with E-state index in [-0.39, 0.29) is 23.5 Å². The molecular weight excluding hydrogens is 627 g/mol.